The van der Waals surface area contributed by atoms with E-state index in [1.54, 1.807) is 0 Å². The van der Waals surface area contributed by atoms with E-state index in [9.17, 15) is 4.79 Å². The summed E-state index contributed by atoms with van der Waals surface area (Å²) in [6, 6.07) is 0.180. The number of likely N-dealkylation sites (tertiary alicyclic amines) is 1. The van der Waals surface area contributed by atoms with Crippen molar-refractivity contribution in [3.63, 3.8) is 0 Å². The maximum atomic E-state index is 11.7. The predicted molar refractivity (Wildman–Crippen MR) is 62.0 cm³/mol. The van der Waals surface area contributed by atoms with Gasteiger partial charge in [-0.1, -0.05) is 36.4 Å². The van der Waals surface area contributed by atoms with Crippen molar-refractivity contribution in [1.29, 1.82) is 0 Å². The van der Waals surface area contributed by atoms with E-state index in [4.69, 9.17) is 0 Å². The molecular weight excluding hydrogens is 279 g/mol. The molecule has 0 aromatic rings. The van der Waals surface area contributed by atoms with Crippen LogP contribution in [0, 0.1) is 5.92 Å². The van der Waals surface area contributed by atoms with E-state index in [0.29, 0.717) is 9.97 Å². The van der Waals surface area contributed by atoms with Crippen molar-refractivity contribution in [2.45, 2.75) is 24.3 Å². The van der Waals surface area contributed by atoms with Crippen LogP contribution in [0.25, 0.3) is 0 Å². The van der Waals surface area contributed by atoms with Crippen LogP contribution in [0.15, 0.2) is 0 Å². The third-order valence-electron chi connectivity index (χ3n) is 2.35. The number of hydrogen-bond acceptors (Lipinski definition) is 1. The molecule has 0 saturated carbocycles. The standard InChI is InChI=1S/C9H17IN2O/c1-7(2)8(10)11(3)9(13)12-5-4-6-12/h7-8H,4-6H2,1-3H3. The van der Waals surface area contributed by atoms with Crippen LogP contribution >= 0.6 is 22.6 Å². The van der Waals surface area contributed by atoms with Gasteiger partial charge in [0.15, 0.2) is 0 Å². The predicted octanol–water partition coefficient (Wildman–Crippen LogP) is 2.16. The summed E-state index contributed by atoms with van der Waals surface area (Å²) >= 11 is 2.32. The molecule has 1 atom stereocenters. The fourth-order valence-electron chi connectivity index (χ4n) is 1.28. The highest BCUT2D eigenvalue weighted by molar-refractivity contribution is 14.1. The van der Waals surface area contributed by atoms with Gasteiger partial charge < -0.3 is 9.80 Å². The summed E-state index contributed by atoms with van der Waals surface area (Å²) in [6.45, 7) is 6.14. The molecule has 0 N–H and O–H groups in total. The first-order chi connectivity index (χ1) is 6.04. The summed E-state index contributed by atoms with van der Waals surface area (Å²) in [5.74, 6) is 0.510. The Labute approximate surface area is 93.6 Å². The number of hydrogen-bond donors (Lipinski definition) is 0. The van der Waals surface area contributed by atoms with E-state index in [2.05, 4.69) is 36.4 Å². The van der Waals surface area contributed by atoms with Gasteiger partial charge in [-0.05, 0) is 12.3 Å². The van der Waals surface area contributed by atoms with Crippen LogP contribution in [-0.4, -0.2) is 40.0 Å². The molecule has 3 nitrogen and oxygen atoms in total. The Morgan fingerprint density at radius 1 is 1.46 bits per heavy atom. The molecule has 0 aromatic carbocycles. The lowest BCUT2D eigenvalue weighted by Crippen LogP contribution is -2.51. The zero-order chi connectivity index (χ0) is 10.0. The van der Waals surface area contributed by atoms with Crippen LogP contribution in [-0.2, 0) is 0 Å². The molecule has 0 aliphatic carbocycles. The largest absolute Gasteiger partial charge is 0.325 e. The molecule has 1 heterocycles. The number of amides is 2. The van der Waals surface area contributed by atoms with E-state index in [1.807, 2.05) is 16.8 Å². The Bertz CT molecular complexity index is 192. The van der Waals surface area contributed by atoms with Crippen LogP contribution < -0.4 is 0 Å². The normalized spacial score (nSPS) is 18.4. The highest BCUT2D eigenvalue weighted by atomic mass is 127. The summed E-state index contributed by atoms with van der Waals surface area (Å²) in [5, 5.41) is 0. The molecule has 1 aliphatic rings. The summed E-state index contributed by atoms with van der Waals surface area (Å²) < 4.78 is 0.297. The first kappa shape index (κ1) is 11.1. The third-order valence-corrected chi connectivity index (χ3v) is 4.62. The van der Waals surface area contributed by atoms with Gasteiger partial charge in [0, 0.05) is 20.1 Å². The molecule has 1 aliphatic heterocycles. The number of nitrogens with zero attached hydrogens (tertiary/aromatic N) is 2. The van der Waals surface area contributed by atoms with E-state index in [-0.39, 0.29) is 6.03 Å². The van der Waals surface area contributed by atoms with Crippen LogP contribution in [0.4, 0.5) is 4.79 Å². The van der Waals surface area contributed by atoms with Crippen LogP contribution in [0.3, 0.4) is 0 Å². The quantitative estimate of drug-likeness (QED) is 0.435. The van der Waals surface area contributed by atoms with Crippen molar-refractivity contribution in [2.24, 2.45) is 5.92 Å². The summed E-state index contributed by atoms with van der Waals surface area (Å²) in [5.41, 5.74) is 0. The molecule has 1 unspecified atom stereocenters. The maximum absolute atomic E-state index is 11.7. The van der Waals surface area contributed by atoms with Crippen molar-refractivity contribution in [3.8, 4) is 0 Å². The number of halogens is 1. The highest BCUT2D eigenvalue weighted by Crippen LogP contribution is 2.19. The molecule has 2 amide bonds. The van der Waals surface area contributed by atoms with Gasteiger partial charge in [0.05, 0.1) is 4.05 Å². The molecular formula is C9H17IN2O. The molecule has 1 rings (SSSR count). The maximum Gasteiger partial charge on any atom is 0.320 e. The summed E-state index contributed by atoms with van der Waals surface area (Å²) in [7, 11) is 1.89. The summed E-state index contributed by atoms with van der Waals surface area (Å²) in [6.07, 6.45) is 1.16. The second-order valence-corrected chi connectivity index (χ2v) is 5.13. The first-order valence-electron chi connectivity index (χ1n) is 4.70. The fraction of sp³-hybridized carbons (Fsp3) is 0.889. The minimum absolute atomic E-state index is 0.180. The van der Waals surface area contributed by atoms with E-state index in [1.165, 1.54) is 0 Å². The minimum atomic E-state index is 0.180. The molecule has 13 heavy (non-hydrogen) atoms. The number of alkyl halides is 1. The van der Waals surface area contributed by atoms with Gasteiger partial charge >= 0.3 is 6.03 Å². The molecule has 4 heteroatoms. The molecule has 1 saturated heterocycles. The topological polar surface area (TPSA) is 23.6 Å². The van der Waals surface area contributed by atoms with E-state index in [0.717, 1.165) is 19.5 Å². The van der Waals surface area contributed by atoms with Crippen molar-refractivity contribution >= 4 is 28.6 Å². The van der Waals surface area contributed by atoms with Gasteiger partial charge in [-0.3, -0.25) is 0 Å². The molecule has 0 radical (unpaired) electrons. The smallest absolute Gasteiger partial charge is 0.320 e. The van der Waals surface area contributed by atoms with Gasteiger partial charge in [-0.25, -0.2) is 4.79 Å². The second-order valence-electron chi connectivity index (χ2n) is 3.85. The minimum Gasteiger partial charge on any atom is -0.325 e. The lowest BCUT2D eigenvalue weighted by molar-refractivity contribution is 0.129. The number of urea groups is 1. The molecule has 0 aromatic heterocycles. The summed E-state index contributed by atoms with van der Waals surface area (Å²) in [4.78, 5) is 15.5. The SMILES string of the molecule is CC(C)C(I)N(C)C(=O)N1CCC1. The zero-order valence-electron chi connectivity index (χ0n) is 8.46. The van der Waals surface area contributed by atoms with Gasteiger partial charge in [0.25, 0.3) is 0 Å². The number of carbonyl (C=O) groups excluding carboxylic acids is 1. The fourth-order valence-corrected chi connectivity index (χ4v) is 1.52. The van der Waals surface area contributed by atoms with E-state index < -0.39 is 0 Å². The monoisotopic (exact) mass is 296 g/mol. The highest BCUT2D eigenvalue weighted by Gasteiger charge is 2.27. The van der Waals surface area contributed by atoms with Gasteiger partial charge in [-0.2, -0.15) is 0 Å². The molecule has 76 valence electrons. The van der Waals surface area contributed by atoms with Gasteiger partial charge in [-0.15, -0.1) is 0 Å². The lowest BCUT2D eigenvalue weighted by Gasteiger charge is -2.37. The van der Waals surface area contributed by atoms with Crippen molar-refractivity contribution in [1.82, 2.24) is 9.80 Å². The average molecular weight is 296 g/mol. The number of rotatable bonds is 2. The lowest BCUT2D eigenvalue weighted by atomic mass is 10.2. The van der Waals surface area contributed by atoms with Gasteiger partial charge in [0.2, 0.25) is 0 Å². The molecule has 0 spiro atoms. The average Bonchev–Trinajstić information content (AvgIpc) is 1.98. The Hall–Kier alpha value is 0. The third kappa shape index (κ3) is 2.48. The van der Waals surface area contributed by atoms with Crippen LogP contribution in [0.2, 0.25) is 0 Å². The van der Waals surface area contributed by atoms with Crippen molar-refractivity contribution < 1.29 is 4.79 Å². The Kier molecular flexibility index (Phi) is 3.82. The Morgan fingerprint density at radius 3 is 2.31 bits per heavy atom. The number of carbonyl (C=O) groups is 1. The molecule has 1 fully saturated rings. The van der Waals surface area contributed by atoms with Gasteiger partial charge in [0.1, 0.15) is 0 Å². The van der Waals surface area contributed by atoms with Crippen LogP contribution in [0.5, 0.6) is 0 Å². The van der Waals surface area contributed by atoms with Crippen molar-refractivity contribution in [2.75, 3.05) is 20.1 Å². The van der Waals surface area contributed by atoms with Crippen molar-refractivity contribution in [3.05, 3.63) is 0 Å². The van der Waals surface area contributed by atoms with Crippen LogP contribution in [0.1, 0.15) is 20.3 Å². The Morgan fingerprint density at radius 2 is 2.00 bits per heavy atom. The zero-order valence-corrected chi connectivity index (χ0v) is 10.6. The Balaban J connectivity index is 2.45. The van der Waals surface area contributed by atoms with E-state index >= 15 is 0 Å². The molecule has 0 bridgehead atoms. The first-order valence-corrected chi connectivity index (χ1v) is 5.94. The second kappa shape index (κ2) is 4.48.